The van der Waals surface area contributed by atoms with Crippen LogP contribution in [0, 0.1) is 0 Å². The van der Waals surface area contributed by atoms with Gasteiger partial charge in [0.15, 0.2) is 0 Å². The van der Waals surface area contributed by atoms with E-state index in [-0.39, 0.29) is 6.61 Å². The molecule has 1 N–H and O–H groups in total. The van der Waals surface area contributed by atoms with Gasteiger partial charge in [-0.15, -0.1) is 11.3 Å². The molecule has 1 heterocycles. The molecule has 0 spiro atoms. The summed E-state index contributed by atoms with van der Waals surface area (Å²) in [5.74, 6) is 0. The van der Waals surface area contributed by atoms with E-state index in [0.29, 0.717) is 0 Å². The van der Waals surface area contributed by atoms with E-state index in [0.717, 1.165) is 16.3 Å². The minimum atomic E-state index is 0.0902. The van der Waals surface area contributed by atoms with E-state index < -0.39 is 0 Å². The van der Waals surface area contributed by atoms with Crippen molar-refractivity contribution in [2.75, 3.05) is 0 Å². The van der Waals surface area contributed by atoms with Gasteiger partial charge in [0, 0.05) is 4.70 Å². The first-order valence-corrected chi connectivity index (χ1v) is 5.76. The fourth-order valence-corrected chi connectivity index (χ4v) is 3.16. The standard InChI is InChI=1S/C11H11ClOS/c1-2-8-9-4-3-7(6-13)5-10(9)14-11(8)12/h3-5,13H,2,6H2,1H3. The van der Waals surface area contributed by atoms with Crippen LogP contribution in [-0.2, 0) is 13.0 Å². The summed E-state index contributed by atoms with van der Waals surface area (Å²) in [6.07, 6.45) is 0.956. The molecule has 0 bridgehead atoms. The van der Waals surface area contributed by atoms with E-state index in [2.05, 4.69) is 6.92 Å². The summed E-state index contributed by atoms with van der Waals surface area (Å²) in [7, 11) is 0. The molecule has 0 unspecified atom stereocenters. The Morgan fingerprint density at radius 1 is 1.43 bits per heavy atom. The summed E-state index contributed by atoms with van der Waals surface area (Å²) >= 11 is 7.71. The van der Waals surface area contributed by atoms with Crippen LogP contribution in [0.2, 0.25) is 4.34 Å². The van der Waals surface area contributed by atoms with E-state index >= 15 is 0 Å². The van der Waals surface area contributed by atoms with E-state index in [1.807, 2.05) is 18.2 Å². The lowest BCUT2D eigenvalue weighted by Crippen LogP contribution is -1.82. The first kappa shape index (κ1) is 9.97. The molecule has 2 aromatic rings. The quantitative estimate of drug-likeness (QED) is 0.830. The molecule has 3 heteroatoms. The SMILES string of the molecule is CCc1c(Cl)sc2cc(CO)ccc12. The predicted octanol–water partition coefficient (Wildman–Crippen LogP) is 3.61. The van der Waals surface area contributed by atoms with Gasteiger partial charge in [-0.05, 0) is 29.0 Å². The van der Waals surface area contributed by atoms with Crippen molar-refractivity contribution in [3.63, 3.8) is 0 Å². The van der Waals surface area contributed by atoms with Crippen LogP contribution in [0.3, 0.4) is 0 Å². The van der Waals surface area contributed by atoms with E-state index in [9.17, 15) is 0 Å². The van der Waals surface area contributed by atoms with Crippen LogP contribution in [0.1, 0.15) is 18.1 Å². The average molecular weight is 227 g/mol. The largest absolute Gasteiger partial charge is 0.392 e. The highest BCUT2D eigenvalue weighted by Gasteiger charge is 2.08. The molecule has 0 atom stereocenters. The second kappa shape index (κ2) is 3.89. The van der Waals surface area contributed by atoms with Crippen molar-refractivity contribution in [2.24, 2.45) is 0 Å². The molecule has 2 rings (SSSR count). The Morgan fingerprint density at radius 3 is 2.86 bits per heavy atom. The summed E-state index contributed by atoms with van der Waals surface area (Å²) in [6, 6.07) is 6.00. The lowest BCUT2D eigenvalue weighted by atomic mass is 10.1. The zero-order valence-corrected chi connectivity index (χ0v) is 9.45. The topological polar surface area (TPSA) is 20.2 Å². The van der Waals surface area contributed by atoms with Crippen LogP contribution in [0.5, 0.6) is 0 Å². The number of aliphatic hydroxyl groups excluding tert-OH is 1. The number of hydrogen-bond acceptors (Lipinski definition) is 2. The minimum Gasteiger partial charge on any atom is -0.392 e. The van der Waals surface area contributed by atoms with Crippen molar-refractivity contribution in [1.29, 1.82) is 0 Å². The molecule has 0 saturated carbocycles. The van der Waals surface area contributed by atoms with Crippen LogP contribution >= 0.6 is 22.9 Å². The Morgan fingerprint density at radius 2 is 2.21 bits per heavy atom. The number of hydrogen-bond donors (Lipinski definition) is 1. The Hall–Kier alpha value is -0.570. The molecule has 0 aliphatic rings. The Balaban J connectivity index is 2.68. The first-order valence-electron chi connectivity index (χ1n) is 4.57. The number of aryl methyl sites for hydroxylation is 1. The second-order valence-corrected chi connectivity index (χ2v) is 4.85. The number of thiophene rings is 1. The van der Waals surface area contributed by atoms with Crippen LogP contribution in [0.25, 0.3) is 10.1 Å². The van der Waals surface area contributed by atoms with Gasteiger partial charge in [0.2, 0.25) is 0 Å². The van der Waals surface area contributed by atoms with Gasteiger partial charge >= 0.3 is 0 Å². The van der Waals surface area contributed by atoms with Crippen molar-refractivity contribution >= 4 is 33.0 Å². The van der Waals surface area contributed by atoms with E-state index in [1.54, 1.807) is 11.3 Å². The van der Waals surface area contributed by atoms with Crippen molar-refractivity contribution in [3.05, 3.63) is 33.7 Å². The summed E-state index contributed by atoms with van der Waals surface area (Å²) in [5, 5.41) is 10.2. The Kier molecular flexibility index (Phi) is 2.77. The van der Waals surface area contributed by atoms with Gasteiger partial charge in [0.25, 0.3) is 0 Å². The smallest absolute Gasteiger partial charge is 0.0972 e. The number of benzene rings is 1. The molecule has 0 aliphatic heterocycles. The molecule has 0 aliphatic carbocycles. The molecular weight excluding hydrogens is 216 g/mol. The number of rotatable bonds is 2. The predicted molar refractivity (Wildman–Crippen MR) is 62.1 cm³/mol. The van der Waals surface area contributed by atoms with E-state index in [1.165, 1.54) is 15.6 Å². The minimum absolute atomic E-state index is 0.0902. The number of halogens is 1. The first-order chi connectivity index (χ1) is 6.76. The van der Waals surface area contributed by atoms with Crippen molar-refractivity contribution in [1.82, 2.24) is 0 Å². The highest BCUT2D eigenvalue weighted by atomic mass is 35.5. The normalized spacial score (nSPS) is 11.1. The molecule has 1 aromatic carbocycles. The number of aliphatic hydroxyl groups is 1. The van der Waals surface area contributed by atoms with Crippen LogP contribution < -0.4 is 0 Å². The van der Waals surface area contributed by atoms with Gasteiger partial charge in [-0.3, -0.25) is 0 Å². The summed E-state index contributed by atoms with van der Waals surface area (Å²) in [4.78, 5) is 0. The zero-order chi connectivity index (χ0) is 10.1. The fourth-order valence-electron chi connectivity index (χ4n) is 1.59. The van der Waals surface area contributed by atoms with Crippen LogP contribution in [-0.4, -0.2) is 5.11 Å². The third-order valence-corrected chi connectivity index (χ3v) is 3.79. The molecular formula is C11H11ClOS. The molecule has 1 nitrogen and oxygen atoms in total. The van der Waals surface area contributed by atoms with Crippen molar-refractivity contribution < 1.29 is 5.11 Å². The second-order valence-electron chi connectivity index (χ2n) is 3.20. The lowest BCUT2D eigenvalue weighted by Gasteiger charge is -1.97. The summed E-state index contributed by atoms with van der Waals surface area (Å²) < 4.78 is 2.04. The highest BCUT2D eigenvalue weighted by Crippen LogP contribution is 2.35. The lowest BCUT2D eigenvalue weighted by molar-refractivity contribution is 0.282. The molecule has 0 amide bonds. The maximum absolute atomic E-state index is 9.00. The maximum Gasteiger partial charge on any atom is 0.0972 e. The highest BCUT2D eigenvalue weighted by molar-refractivity contribution is 7.22. The van der Waals surface area contributed by atoms with Gasteiger partial charge in [-0.25, -0.2) is 0 Å². The zero-order valence-electron chi connectivity index (χ0n) is 7.88. The van der Waals surface area contributed by atoms with Gasteiger partial charge in [-0.2, -0.15) is 0 Å². The summed E-state index contributed by atoms with van der Waals surface area (Å²) in [5.41, 5.74) is 2.16. The molecule has 1 aromatic heterocycles. The molecule has 0 fully saturated rings. The molecule has 74 valence electrons. The van der Waals surface area contributed by atoms with Crippen molar-refractivity contribution in [2.45, 2.75) is 20.0 Å². The molecule has 0 radical (unpaired) electrons. The third-order valence-electron chi connectivity index (χ3n) is 2.34. The fraction of sp³-hybridized carbons (Fsp3) is 0.273. The number of fused-ring (bicyclic) bond motifs is 1. The average Bonchev–Trinajstić information content (AvgIpc) is 2.51. The Bertz CT molecular complexity index is 462. The van der Waals surface area contributed by atoms with Gasteiger partial charge in [0.1, 0.15) is 0 Å². The third kappa shape index (κ3) is 1.54. The molecule has 14 heavy (non-hydrogen) atoms. The van der Waals surface area contributed by atoms with Crippen molar-refractivity contribution in [3.8, 4) is 0 Å². The van der Waals surface area contributed by atoms with Gasteiger partial charge in [0.05, 0.1) is 10.9 Å². The van der Waals surface area contributed by atoms with Crippen LogP contribution in [0.15, 0.2) is 18.2 Å². The van der Waals surface area contributed by atoms with Gasteiger partial charge < -0.3 is 5.11 Å². The summed E-state index contributed by atoms with van der Waals surface area (Å²) in [6.45, 7) is 2.19. The maximum atomic E-state index is 9.00. The van der Waals surface area contributed by atoms with Crippen LogP contribution in [0.4, 0.5) is 0 Å². The monoisotopic (exact) mass is 226 g/mol. The van der Waals surface area contributed by atoms with Gasteiger partial charge in [-0.1, -0.05) is 30.7 Å². The Labute approximate surface area is 91.9 Å². The van der Waals surface area contributed by atoms with E-state index in [4.69, 9.17) is 16.7 Å². The molecule has 0 saturated heterocycles.